The van der Waals surface area contributed by atoms with Gasteiger partial charge in [0.2, 0.25) is 0 Å². The number of allylic oxidation sites excluding steroid dienone is 2. The molecule has 0 bridgehead atoms. The normalized spacial score (nSPS) is 18.0. The van der Waals surface area contributed by atoms with Crippen LogP contribution in [0, 0.1) is 21.4 Å². The predicted octanol–water partition coefficient (Wildman–Crippen LogP) is 2.56. The van der Waals surface area contributed by atoms with Crippen LogP contribution in [0.2, 0.25) is 0 Å². The fraction of sp³-hybridized carbons (Fsp3) is 0.211. The second kappa shape index (κ2) is 6.35. The van der Waals surface area contributed by atoms with Gasteiger partial charge in [0.25, 0.3) is 5.69 Å². The van der Waals surface area contributed by atoms with E-state index in [1.54, 1.807) is 12.1 Å². The van der Waals surface area contributed by atoms with Gasteiger partial charge in [0, 0.05) is 36.5 Å². The molecule has 1 aromatic carbocycles. The maximum Gasteiger partial charge on any atom is 0.269 e. The highest BCUT2D eigenvalue weighted by molar-refractivity contribution is 6.00. The van der Waals surface area contributed by atoms with Crippen molar-refractivity contribution in [2.24, 2.45) is 0 Å². The van der Waals surface area contributed by atoms with Crippen molar-refractivity contribution in [3.63, 3.8) is 0 Å². The van der Waals surface area contributed by atoms with Gasteiger partial charge in [-0.05, 0) is 12.0 Å². The molecule has 9 nitrogen and oxygen atoms in total. The van der Waals surface area contributed by atoms with E-state index in [2.05, 4.69) is 4.98 Å². The molecule has 140 valence electrons. The zero-order chi connectivity index (χ0) is 20.0. The van der Waals surface area contributed by atoms with Gasteiger partial charge in [-0.1, -0.05) is 12.1 Å². The van der Waals surface area contributed by atoms with E-state index in [1.807, 2.05) is 6.07 Å². The summed E-state index contributed by atoms with van der Waals surface area (Å²) >= 11 is 0. The molecule has 9 heteroatoms. The Morgan fingerprint density at radius 2 is 2.07 bits per heavy atom. The van der Waals surface area contributed by atoms with Crippen LogP contribution in [0.25, 0.3) is 0 Å². The van der Waals surface area contributed by atoms with E-state index in [0.717, 1.165) is 0 Å². The first-order valence-corrected chi connectivity index (χ1v) is 8.59. The van der Waals surface area contributed by atoms with Crippen LogP contribution in [0.5, 0.6) is 5.75 Å². The summed E-state index contributed by atoms with van der Waals surface area (Å²) in [6.45, 7) is 0. The summed E-state index contributed by atoms with van der Waals surface area (Å²) in [6.07, 6.45) is 1.47. The molecule has 0 fully saturated rings. The molecule has 28 heavy (non-hydrogen) atoms. The van der Waals surface area contributed by atoms with Crippen LogP contribution >= 0.6 is 0 Å². The quantitative estimate of drug-likeness (QED) is 0.596. The molecule has 4 rings (SSSR count). The fourth-order valence-corrected chi connectivity index (χ4v) is 3.79. The largest absolute Gasteiger partial charge is 0.459 e. The lowest BCUT2D eigenvalue weighted by atomic mass is 9.76. The Balaban J connectivity index is 2.04. The van der Waals surface area contributed by atoms with Crippen molar-refractivity contribution in [3.8, 4) is 11.8 Å². The van der Waals surface area contributed by atoms with Gasteiger partial charge in [0.1, 0.15) is 29.0 Å². The third-order valence-corrected chi connectivity index (χ3v) is 4.98. The third kappa shape index (κ3) is 2.54. The fourth-order valence-electron chi connectivity index (χ4n) is 3.79. The number of aromatic nitrogens is 1. The van der Waals surface area contributed by atoms with Crippen molar-refractivity contribution in [3.05, 3.63) is 62.4 Å². The van der Waals surface area contributed by atoms with E-state index in [9.17, 15) is 20.2 Å². The van der Waals surface area contributed by atoms with E-state index >= 15 is 0 Å². The highest BCUT2D eigenvalue weighted by Gasteiger charge is 2.40. The van der Waals surface area contributed by atoms with E-state index < -0.39 is 10.8 Å². The molecule has 0 spiro atoms. The number of nitrogen functional groups attached to an aromatic ring is 2. The SMILES string of the molecule is N#Cc1c(N)nc(N)c2c1OC1=C(C(=O)CCC1)[C@@H]2c1cccc([N+](=O)[O-])c1. The van der Waals surface area contributed by atoms with Crippen LogP contribution in [0.1, 0.15) is 41.9 Å². The number of benzene rings is 1. The number of nitro benzene ring substituents is 1. The minimum Gasteiger partial charge on any atom is -0.459 e. The number of nitrogens with zero attached hydrogens (tertiary/aromatic N) is 3. The van der Waals surface area contributed by atoms with Crippen LogP contribution in [0.15, 0.2) is 35.6 Å². The number of nitrogens with two attached hydrogens (primary N) is 2. The molecule has 0 saturated heterocycles. The Kier molecular flexibility index (Phi) is 3.96. The number of nitriles is 1. The number of carbonyl (C=O) groups is 1. The van der Waals surface area contributed by atoms with Crippen LogP contribution in [0.4, 0.5) is 17.3 Å². The predicted molar refractivity (Wildman–Crippen MR) is 99.2 cm³/mol. The Bertz CT molecular complexity index is 1120. The number of anilines is 2. The number of hydrogen-bond acceptors (Lipinski definition) is 8. The zero-order valence-corrected chi connectivity index (χ0v) is 14.6. The van der Waals surface area contributed by atoms with E-state index in [0.29, 0.717) is 41.7 Å². The number of fused-ring (bicyclic) bond motifs is 1. The average Bonchev–Trinajstić information content (AvgIpc) is 2.67. The van der Waals surface area contributed by atoms with Gasteiger partial charge >= 0.3 is 0 Å². The number of hydrogen-bond donors (Lipinski definition) is 2. The summed E-state index contributed by atoms with van der Waals surface area (Å²) in [5, 5.41) is 20.8. The molecule has 1 aromatic heterocycles. The minimum atomic E-state index is -0.716. The van der Waals surface area contributed by atoms with Crippen LogP contribution < -0.4 is 16.2 Å². The number of ether oxygens (including phenoxy) is 1. The first-order valence-electron chi connectivity index (χ1n) is 8.59. The smallest absolute Gasteiger partial charge is 0.269 e. The number of non-ortho nitro benzene ring substituents is 1. The number of nitro groups is 1. The van der Waals surface area contributed by atoms with Crippen LogP contribution in [-0.2, 0) is 4.79 Å². The molecule has 4 N–H and O–H groups in total. The molecular weight excluding hydrogens is 362 g/mol. The summed E-state index contributed by atoms with van der Waals surface area (Å²) in [4.78, 5) is 27.5. The van der Waals surface area contributed by atoms with Crippen molar-refractivity contribution in [1.82, 2.24) is 4.98 Å². The van der Waals surface area contributed by atoms with E-state index in [-0.39, 0.29) is 34.4 Å². The van der Waals surface area contributed by atoms with Crippen LogP contribution in [-0.4, -0.2) is 15.7 Å². The second-order valence-corrected chi connectivity index (χ2v) is 6.61. The molecule has 1 atom stereocenters. The lowest BCUT2D eigenvalue weighted by Crippen LogP contribution is -2.27. The van der Waals surface area contributed by atoms with Gasteiger partial charge < -0.3 is 16.2 Å². The summed E-state index contributed by atoms with van der Waals surface area (Å²) in [7, 11) is 0. The number of ketones is 1. The number of pyridine rings is 1. The summed E-state index contributed by atoms with van der Waals surface area (Å²) in [5.74, 6) is -0.264. The van der Waals surface area contributed by atoms with E-state index in [1.165, 1.54) is 12.1 Å². The highest BCUT2D eigenvalue weighted by atomic mass is 16.6. The third-order valence-electron chi connectivity index (χ3n) is 4.98. The maximum atomic E-state index is 12.8. The molecular formula is C19H15N5O4. The first-order chi connectivity index (χ1) is 13.4. The zero-order valence-electron chi connectivity index (χ0n) is 14.6. The maximum absolute atomic E-state index is 12.8. The second-order valence-electron chi connectivity index (χ2n) is 6.61. The Labute approximate surface area is 159 Å². The van der Waals surface area contributed by atoms with E-state index in [4.69, 9.17) is 16.2 Å². The van der Waals surface area contributed by atoms with Crippen molar-refractivity contribution in [2.75, 3.05) is 11.5 Å². The van der Waals surface area contributed by atoms with Gasteiger partial charge in [-0.25, -0.2) is 4.98 Å². The lowest BCUT2D eigenvalue weighted by Gasteiger charge is -2.33. The topological polar surface area (TPSA) is 158 Å². The number of Topliss-reactive ketones (excluding diaryl/α,β-unsaturated/α-hetero) is 1. The van der Waals surface area contributed by atoms with Gasteiger partial charge in [-0.15, -0.1) is 0 Å². The molecule has 2 heterocycles. The Morgan fingerprint density at radius 1 is 1.29 bits per heavy atom. The highest BCUT2D eigenvalue weighted by Crippen LogP contribution is 2.50. The first kappa shape index (κ1) is 17.5. The van der Waals surface area contributed by atoms with Gasteiger partial charge in [0.05, 0.1) is 10.5 Å². The molecule has 2 aromatic rings. The van der Waals surface area contributed by atoms with Crippen molar-refractivity contribution >= 4 is 23.1 Å². The molecule has 1 aliphatic carbocycles. The number of rotatable bonds is 2. The number of carbonyl (C=O) groups excluding carboxylic acids is 1. The van der Waals surface area contributed by atoms with Gasteiger partial charge in [-0.3, -0.25) is 14.9 Å². The molecule has 0 saturated carbocycles. The minimum absolute atomic E-state index is 0.0212. The van der Waals surface area contributed by atoms with Crippen molar-refractivity contribution < 1.29 is 14.5 Å². The monoisotopic (exact) mass is 377 g/mol. The summed E-state index contributed by atoms with van der Waals surface area (Å²) in [6, 6.07) is 7.97. The Hall–Kier alpha value is -3.93. The molecule has 0 amide bonds. The summed E-state index contributed by atoms with van der Waals surface area (Å²) < 4.78 is 5.92. The van der Waals surface area contributed by atoms with Crippen molar-refractivity contribution in [1.29, 1.82) is 5.26 Å². The van der Waals surface area contributed by atoms with Crippen molar-refractivity contribution in [2.45, 2.75) is 25.2 Å². The lowest BCUT2D eigenvalue weighted by molar-refractivity contribution is -0.384. The molecule has 0 radical (unpaired) electrons. The molecule has 2 aliphatic rings. The summed E-state index contributed by atoms with van der Waals surface area (Å²) in [5.41, 5.74) is 13.1. The standard InChI is InChI=1S/C19H15N5O4/c20-8-11-17-16(19(22)23-18(11)21)14(9-3-1-4-10(7-9)24(26)27)15-12(25)5-2-6-13(15)28-17/h1,3-4,7,14H,2,5-6H2,(H4,21,22,23)/t14-/m0/s1. The Morgan fingerprint density at radius 3 is 2.79 bits per heavy atom. The van der Waals surface area contributed by atoms with Crippen LogP contribution in [0.3, 0.4) is 0 Å². The average molecular weight is 377 g/mol. The van der Waals surface area contributed by atoms with Gasteiger partial charge in [0.15, 0.2) is 11.5 Å². The molecule has 1 aliphatic heterocycles. The van der Waals surface area contributed by atoms with Gasteiger partial charge in [-0.2, -0.15) is 5.26 Å². The molecule has 0 unspecified atom stereocenters.